The van der Waals surface area contributed by atoms with Gasteiger partial charge < -0.3 is 40.5 Å². The van der Waals surface area contributed by atoms with Gasteiger partial charge in [0.2, 0.25) is 11.1 Å². The second kappa shape index (κ2) is 62.6. The average Bonchev–Trinajstić information content (AvgIpc) is 0.808. The summed E-state index contributed by atoms with van der Waals surface area (Å²) in [7, 11) is 17.6. The number of Topliss-reactive ketones (excluding diaryl/α,β-unsaturated/α-hetero) is 1. The van der Waals surface area contributed by atoms with Crippen LogP contribution in [0.4, 0.5) is 34.1 Å². The first kappa shape index (κ1) is 120. The largest absolute Gasteiger partial charge is 0.643 e. The number of alkyl halides is 3. The molecule has 3 amide bonds. The van der Waals surface area contributed by atoms with Gasteiger partial charge in [-0.25, -0.2) is 50.7 Å². The van der Waals surface area contributed by atoms with E-state index in [0.29, 0.717) is 129 Å². The van der Waals surface area contributed by atoms with Crippen LogP contribution in [0, 0.1) is 0 Å². The lowest BCUT2D eigenvalue weighted by molar-refractivity contribution is -0.118. The molecule has 19 nitrogen and oxygen atoms in total. The molecule has 11 aromatic rings. The van der Waals surface area contributed by atoms with Crippen LogP contribution in [-0.2, 0) is 87.3 Å². The number of carbonyl (C=O) groups is 7. The third-order valence-corrected chi connectivity index (χ3v) is 27.1. The van der Waals surface area contributed by atoms with Crippen LogP contribution in [0.25, 0.3) is 0 Å². The molecule has 0 fully saturated rings. The van der Waals surface area contributed by atoms with Crippen molar-refractivity contribution in [1.82, 2.24) is 11.0 Å². The van der Waals surface area contributed by atoms with Gasteiger partial charge in [-0.1, -0.05) is 233 Å². The van der Waals surface area contributed by atoms with Crippen molar-refractivity contribution in [2.45, 2.75) is 108 Å². The fourth-order valence-electron chi connectivity index (χ4n) is 14.0. The molecule has 0 spiro atoms. The summed E-state index contributed by atoms with van der Waals surface area (Å²) in [6.45, 7) is 6.13. The van der Waals surface area contributed by atoms with E-state index in [1.807, 2.05) is 97.1 Å². The number of anilines is 6. The highest BCUT2D eigenvalue weighted by Gasteiger charge is 2.25. The van der Waals surface area contributed by atoms with Crippen LogP contribution in [-0.4, -0.2) is 115 Å². The number of ketones is 1. The number of hydroxylamine groups is 2. The highest BCUT2D eigenvalue weighted by molar-refractivity contribution is 9.08. The highest BCUT2D eigenvalue weighted by Crippen LogP contribution is 2.41. The number of benzene rings is 11. The minimum atomic E-state index is -1.72. The lowest BCUT2D eigenvalue weighted by Crippen LogP contribution is -2.28. The molecule has 0 aliphatic carbocycles. The fraction of sp³-hybridized carbons (Fsp3) is 0.255. The number of esters is 2. The van der Waals surface area contributed by atoms with Crippen LogP contribution in [0.5, 0.6) is 0 Å². The van der Waals surface area contributed by atoms with Crippen LogP contribution in [0.1, 0.15) is 142 Å². The van der Waals surface area contributed by atoms with Crippen molar-refractivity contribution in [2.24, 2.45) is 0 Å². The summed E-state index contributed by atoms with van der Waals surface area (Å²) >= 11 is 100.0. The second-order valence-electron chi connectivity index (χ2n) is 30.6. The number of amides is 3. The molecule has 11 aromatic carbocycles. The zero-order valence-electron chi connectivity index (χ0n) is 74.2. The Morgan fingerprint density at radius 2 is 0.719 bits per heavy atom. The van der Waals surface area contributed by atoms with Crippen molar-refractivity contribution in [3.05, 3.63) is 342 Å². The zero-order valence-corrected chi connectivity index (χ0v) is 92.1. The number of hydrogen-bond donors (Lipinski definition) is 7. The monoisotopic (exact) mass is 2360 g/mol. The van der Waals surface area contributed by atoms with Crippen molar-refractivity contribution < 1.29 is 53.4 Å². The number of rotatable bonds is 17. The summed E-state index contributed by atoms with van der Waals surface area (Å²) in [5, 5.41) is 31.5. The van der Waals surface area contributed by atoms with E-state index in [0.717, 1.165) is 164 Å². The third-order valence-electron chi connectivity index (χ3n) is 20.8. The highest BCUT2D eigenvalue weighted by atomic mass is 79.9. The molecule has 0 atom stereocenters. The molecule has 139 heavy (non-hydrogen) atoms. The van der Waals surface area contributed by atoms with Gasteiger partial charge in [0.1, 0.15) is 5.78 Å². The van der Waals surface area contributed by atoms with Gasteiger partial charge in [-0.15, -0.1) is 23.2 Å². The first-order chi connectivity index (χ1) is 66.3. The van der Waals surface area contributed by atoms with Gasteiger partial charge in [0.05, 0.1) is 95.7 Å². The van der Waals surface area contributed by atoms with E-state index in [2.05, 4.69) is 46.0 Å². The van der Waals surface area contributed by atoms with Crippen molar-refractivity contribution in [3.63, 3.8) is 0 Å². The lowest BCUT2D eigenvalue weighted by atomic mass is 10.0. The van der Waals surface area contributed by atoms with Gasteiger partial charge in [-0.2, -0.15) is 0 Å². The standard InChI is InChI=1S/C18H17Cl2NO2.2C17H16Cl2N2O2.C10H9Cl3O.C9H9BrO2.C9H7Cl2NO.C9H9Cl2N.C6H5Cl2N.C3H4Cl2O.Al.3ClH/c1-23-18(22)13-6-4-12(5-7-13)11-21-8-2-3-14-9-15(19)16(20)10-17(14)21;2*18-14-8-13-2-1-7-21(16(13)9-15(14)19)10-11-3-5-12(6-4-11)17(22)20-23;11-4-3-8(14)5-7-1-2-9(12)10(13)6-7;1-12-9(11)8-4-2-7(6-10)3-5-8;10-6-3-5-1-2-9(13)12-8(5)4-7(6)11;10-7-4-6-2-1-3-12-9(6)5-8(7)11;7-5-2-1-4(9)3-6(5)8;4-2-1-3(5)6;;;;/h4-7,9-10H,2-3,8,11H2,1H3;2*3-6,8-9,23H,1-2,7,10H2,(H,20,22);1-2,6H,3-5H2;2-5H,6H2,1H3;3-4H,1-2H2,(H,12,13);4-5,12H,1-3H2;1-3H,9H2;1-2H2;;3*1H/q;;;;;;;;;+3;;;/p-3. The maximum atomic E-state index is 11.5. The Bertz CT molecular complexity index is 5640. The van der Waals surface area contributed by atoms with E-state index >= 15 is 0 Å². The number of carbonyl (C=O) groups excluding carboxylic acids is 7. The molecule has 0 radical (unpaired) electrons. The maximum Gasteiger partial charge on any atom is 0.643 e. The molecular formula is C98H92AlBrCl20N8O11. The number of nitrogens with zero attached hydrogens (tertiary/aromatic N) is 3. The Balaban J connectivity index is 0.000000217. The predicted molar refractivity (Wildman–Crippen MR) is 585 cm³/mol. The minimum absolute atomic E-state index is 0.0332. The van der Waals surface area contributed by atoms with E-state index in [9.17, 15) is 33.6 Å². The molecule has 5 aliphatic rings. The van der Waals surface area contributed by atoms with Gasteiger partial charge >= 0.3 is 23.3 Å². The Labute approximate surface area is 918 Å². The van der Waals surface area contributed by atoms with Gasteiger partial charge in [0.15, 0.2) is 0 Å². The first-order valence-corrected chi connectivity index (χ1v) is 55.4. The van der Waals surface area contributed by atoms with Gasteiger partial charge in [-0.05, 0) is 265 Å². The molecule has 16 rings (SSSR count). The third kappa shape index (κ3) is 40.6. The smallest absolute Gasteiger partial charge is 0.465 e. The normalized spacial score (nSPS) is 12.5. The summed E-state index contributed by atoms with van der Waals surface area (Å²) in [6.07, 6.45) is 10.8. The lowest BCUT2D eigenvalue weighted by Gasteiger charge is -2.32. The topological polar surface area (TPSA) is 262 Å². The number of aryl methyl sites for hydroxylation is 5. The van der Waals surface area contributed by atoms with E-state index < -0.39 is 23.2 Å². The van der Waals surface area contributed by atoms with E-state index in [1.54, 1.807) is 108 Å². The van der Waals surface area contributed by atoms with Gasteiger partial charge in [-0.3, -0.25) is 34.4 Å². The predicted octanol–water partition coefficient (Wildman–Crippen LogP) is 30.8. The Morgan fingerprint density at radius 3 is 1.06 bits per heavy atom. The van der Waals surface area contributed by atoms with Crippen LogP contribution in [0.2, 0.25) is 70.3 Å². The quantitative estimate of drug-likeness (QED) is 0.00850. The van der Waals surface area contributed by atoms with Crippen LogP contribution in [0.3, 0.4) is 0 Å². The van der Waals surface area contributed by atoms with E-state index in [-0.39, 0.29) is 35.3 Å². The molecule has 0 unspecified atom stereocenters. The Hall–Kier alpha value is -6.16. The first-order valence-electron chi connectivity index (χ1n) is 42.3. The van der Waals surface area contributed by atoms with Crippen LogP contribution in [0.15, 0.2) is 194 Å². The van der Waals surface area contributed by atoms with Crippen molar-refractivity contribution >= 4 is 329 Å². The summed E-state index contributed by atoms with van der Waals surface area (Å²) in [5.41, 5.74) is 27.8. The SMILES string of the molecule is COC(=O)c1ccc(CBr)cc1.COC(=O)c1ccc(CN2CCCc3cc(Cl)c(Cl)cc32)cc1.Clc1cc2c(cc1Cl)NCCC2.Nc1ccc(Cl)c(Cl)c1.O=C(CCCl)Cc1ccc(Cl)c(Cl)c1.O=C(Cl)CCCl.O=C(NO)c1ccc(CN2CCCc3cc(Cl)c(Cl)cc32)cc1.O=C(NO)c1ccc(CN2CCCc3cc(Cl)c(Cl)cc32)cc1.O=C1CCc2cc(Cl)c(Cl)cc2N1.[Cl][Al]([Cl])[Cl]. The average molecular weight is 2370 g/mol. The van der Waals surface area contributed by atoms with Crippen LogP contribution >= 0.6 is 243 Å². The molecule has 740 valence electrons. The molecule has 5 aliphatic heterocycles. The summed E-state index contributed by atoms with van der Waals surface area (Å²) < 4.78 is 9.28. The van der Waals surface area contributed by atoms with Crippen LogP contribution < -0.4 is 42.0 Å². The zero-order chi connectivity index (χ0) is 102. The number of methoxy groups -OCH3 is 2. The molecule has 41 heteroatoms. The number of halogens is 21. The summed E-state index contributed by atoms with van der Waals surface area (Å²) in [4.78, 5) is 84.0. The van der Waals surface area contributed by atoms with E-state index in [1.165, 1.54) is 42.9 Å². The molecule has 0 saturated carbocycles. The van der Waals surface area contributed by atoms with Crippen molar-refractivity contribution in [3.8, 4) is 0 Å². The fourth-order valence-corrected chi connectivity index (χ4v) is 17.3. The molecule has 0 saturated heterocycles. The number of nitrogens with one attached hydrogen (secondary N) is 4. The maximum absolute atomic E-state index is 11.5. The molecular weight excluding hydrogens is 2280 g/mol. The van der Waals surface area contributed by atoms with Gasteiger partial charge in [0, 0.05) is 134 Å². The van der Waals surface area contributed by atoms with Crippen molar-refractivity contribution in [2.75, 3.05) is 83.2 Å². The summed E-state index contributed by atoms with van der Waals surface area (Å²) in [5.74, 6) is -0.813. The molecule has 8 N–H and O–H groups in total. The number of nitrogen functional groups attached to an aromatic ring is 1. The number of fused-ring (bicyclic) bond motifs is 5. The minimum Gasteiger partial charge on any atom is -0.465 e. The number of hydrogen-bond acceptors (Lipinski definition) is 16. The Kier molecular flexibility index (Phi) is 54.0. The molecule has 0 bridgehead atoms. The van der Waals surface area contributed by atoms with E-state index in [4.69, 9.17) is 248 Å². The number of nitrogens with two attached hydrogens (primary N) is 1. The van der Waals surface area contributed by atoms with Gasteiger partial charge in [0.25, 0.3) is 11.8 Å². The number of ether oxygens (including phenoxy) is 2. The molecule has 0 aromatic heterocycles. The van der Waals surface area contributed by atoms with Crippen molar-refractivity contribution in [1.29, 1.82) is 0 Å². The Morgan fingerprint density at radius 1 is 0.396 bits per heavy atom. The second-order valence-corrected chi connectivity index (χ2v) is 44.5. The molecule has 5 heterocycles. The summed E-state index contributed by atoms with van der Waals surface area (Å²) in [6, 6.07) is 58.3.